The molecule has 0 aromatic rings. The summed E-state index contributed by atoms with van der Waals surface area (Å²) in [6.07, 6.45) is 8.83. The normalized spacial score (nSPS) is 15.1. The van der Waals surface area contributed by atoms with Crippen LogP contribution in [0, 0.1) is 0 Å². The lowest BCUT2D eigenvalue weighted by molar-refractivity contribution is -0.130. The van der Waals surface area contributed by atoms with Crippen LogP contribution in [-0.2, 0) is 9.59 Å². The topological polar surface area (TPSA) is 37.4 Å². The van der Waals surface area contributed by atoms with Gasteiger partial charge in [0.15, 0.2) is 0 Å². The molecule has 15 heavy (non-hydrogen) atoms. The molecule has 0 saturated heterocycles. The van der Waals surface area contributed by atoms with E-state index in [4.69, 9.17) is 0 Å². The minimum atomic E-state index is -0.212. The fraction of sp³-hybridized carbons (Fsp3) is 0.455. The number of hydrogen-bond acceptors (Lipinski definition) is 3. The first-order chi connectivity index (χ1) is 7.25. The Labute approximate surface area is 94.3 Å². The van der Waals surface area contributed by atoms with Gasteiger partial charge in [0.05, 0.1) is 0 Å². The maximum Gasteiger partial charge on any atom is 0.263 e. The van der Waals surface area contributed by atoms with Crippen molar-refractivity contribution in [2.45, 2.75) is 25.7 Å². The molecule has 0 fully saturated rings. The van der Waals surface area contributed by atoms with Crippen LogP contribution in [0.25, 0.3) is 0 Å². The molecule has 1 rings (SSSR count). The van der Waals surface area contributed by atoms with Crippen molar-refractivity contribution in [3.05, 3.63) is 24.8 Å². The number of carbonyl (C=O) groups excluding carboxylic acids is 2. The van der Waals surface area contributed by atoms with E-state index >= 15 is 0 Å². The van der Waals surface area contributed by atoms with Crippen LogP contribution >= 0.6 is 11.9 Å². The molecule has 0 N–H and O–H groups in total. The molecule has 82 valence electrons. The zero-order valence-corrected chi connectivity index (χ0v) is 9.46. The van der Waals surface area contributed by atoms with E-state index in [2.05, 4.69) is 6.58 Å². The highest BCUT2D eigenvalue weighted by molar-refractivity contribution is 7.98. The summed E-state index contributed by atoms with van der Waals surface area (Å²) in [7, 11) is 0. The van der Waals surface area contributed by atoms with Gasteiger partial charge in [0.2, 0.25) is 0 Å². The van der Waals surface area contributed by atoms with Crippen molar-refractivity contribution in [2.24, 2.45) is 0 Å². The van der Waals surface area contributed by atoms with Gasteiger partial charge in [-0.25, -0.2) is 4.31 Å². The van der Waals surface area contributed by atoms with Crippen molar-refractivity contribution in [1.29, 1.82) is 0 Å². The van der Waals surface area contributed by atoms with Crippen LogP contribution in [0.2, 0.25) is 0 Å². The van der Waals surface area contributed by atoms with Gasteiger partial charge in [-0.2, -0.15) is 0 Å². The third-order valence-electron chi connectivity index (χ3n) is 2.04. The fourth-order valence-electron chi connectivity index (χ4n) is 1.24. The molecule has 0 aromatic heterocycles. The predicted molar refractivity (Wildman–Crippen MR) is 62.1 cm³/mol. The zero-order valence-electron chi connectivity index (χ0n) is 8.65. The second kappa shape index (κ2) is 6.45. The molecular formula is C11H15NO2S. The van der Waals surface area contributed by atoms with Gasteiger partial charge in [-0.1, -0.05) is 12.5 Å². The summed E-state index contributed by atoms with van der Waals surface area (Å²) < 4.78 is 1.22. The van der Waals surface area contributed by atoms with Crippen molar-refractivity contribution in [2.75, 3.05) is 5.75 Å². The minimum absolute atomic E-state index is 0.212. The maximum atomic E-state index is 11.1. The number of imide groups is 1. The minimum Gasteiger partial charge on any atom is -0.268 e. The van der Waals surface area contributed by atoms with Crippen molar-refractivity contribution < 1.29 is 9.59 Å². The van der Waals surface area contributed by atoms with Crippen LogP contribution < -0.4 is 0 Å². The van der Waals surface area contributed by atoms with Gasteiger partial charge in [-0.3, -0.25) is 9.59 Å². The fourth-order valence-corrected chi connectivity index (χ4v) is 2.13. The largest absolute Gasteiger partial charge is 0.268 e. The number of carbonyl (C=O) groups is 2. The van der Waals surface area contributed by atoms with Crippen LogP contribution in [0.3, 0.4) is 0 Å². The second-order valence-corrected chi connectivity index (χ2v) is 4.31. The number of amides is 2. The molecule has 3 nitrogen and oxygen atoms in total. The molecule has 0 spiro atoms. The van der Waals surface area contributed by atoms with E-state index in [0.717, 1.165) is 31.4 Å². The molecule has 0 radical (unpaired) electrons. The average molecular weight is 225 g/mol. The standard InChI is InChI=1S/C11H15NO2S/c1-2-3-4-5-6-9-15-12-10(13)7-8-11(12)14/h2,7-8H,1,3-6,9H2. The Hall–Kier alpha value is -1.03. The van der Waals surface area contributed by atoms with E-state index in [1.807, 2.05) is 6.08 Å². The van der Waals surface area contributed by atoms with Crippen LogP contribution in [-0.4, -0.2) is 21.9 Å². The number of hydrogen-bond donors (Lipinski definition) is 0. The van der Waals surface area contributed by atoms with E-state index in [-0.39, 0.29) is 11.8 Å². The summed E-state index contributed by atoms with van der Waals surface area (Å²) in [5.41, 5.74) is 0. The van der Waals surface area contributed by atoms with Crippen LogP contribution in [0.5, 0.6) is 0 Å². The van der Waals surface area contributed by atoms with Gasteiger partial charge < -0.3 is 0 Å². The zero-order chi connectivity index (χ0) is 11.1. The molecule has 0 atom stereocenters. The summed E-state index contributed by atoms with van der Waals surface area (Å²) in [6, 6.07) is 0. The number of rotatable bonds is 7. The molecule has 1 aliphatic heterocycles. The third-order valence-corrected chi connectivity index (χ3v) is 3.13. The quantitative estimate of drug-likeness (QED) is 0.289. The molecule has 0 unspecified atom stereocenters. The van der Waals surface area contributed by atoms with Crippen LogP contribution in [0.1, 0.15) is 25.7 Å². The first-order valence-electron chi connectivity index (χ1n) is 5.05. The number of allylic oxidation sites excluding steroid dienone is 1. The Morgan fingerprint density at radius 1 is 1.20 bits per heavy atom. The van der Waals surface area contributed by atoms with E-state index in [1.54, 1.807) is 0 Å². The van der Waals surface area contributed by atoms with Gasteiger partial charge in [0, 0.05) is 17.9 Å². The monoisotopic (exact) mass is 225 g/mol. The Morgan fingerprint density at radius 2 is 1.87 bits per heavy atom. The predicted octanol–water partition coefficient (Wildman–Crippen LogP) is 2.31. The smallest absolute Gasteiger partial charge is 0.263 e. The summed E-state index contributed by atoms with van der Waals surface area (Å²) in [6.45, 7) is 3.65. The van der Waals surface area contributed by atoms with Gasteiger partial charge in [0.1, 0.15) is 0 Å². The summed E-state index contributed by atoms with van der Waals surface area (Å²) in [4.78, 5) is 22.3. The van der Waals surface area contributed by atoms with Gasteiger partial charge >= 0.3 is 0 Å². The Bertz CT molecular complexity index is 268. The highest BCUT2D eigenvalue weighted by Crippen LogP contribution is 2.18. The molecule has 4 heteroatoms. The van der Waals surface area contributed by atoms with Crippen LogP contribution in [0.15, 0.2) is 24.8 Å². The molecule has 1 heterocycles. The summed E-state index contributed by atoms with van der Waals surface area (Å²) in [5, 5.41) is 0. The van der Waals surface area contributed by atoms with E-state index in [9.17, 15) is 9.59 Å². The van der Waals surface area contributed by atoms with Crippen molar-refractivity contribution in [3.63, 3.8) is 0 Å². The second-order valence-electron chi connectivity index (χ2n) is 3.28. The molecule has 0 saturated carbocycles. The molecule has 1 aliphatic rings. The van der Waals surface area contributed by atoms with E-state index in [1.165, 1.54) is 28.4 Å². The van der Waals surface area contributed by atoms with Crippen LogP contribution in [0.4, 0.5) is 0 Å². The molecule has 2 amide bonds. The highest BCUT2D eigenvalue weighted by atomic mass is 32.2. The number of nitrogens with zero attached hydrogens (tertiary/aromatic N) is 1. The van der Waals surface area contributed by atoms with Crippen molar-refractivity contribution in [3.8, 4) is 0 Å². The van der Waals surface area contributed by atoms with Crippen molar-refractivity contribution in [1.82, 2.24) is 4.31 Å². The van der Waals surface area contributed by atoms with Gasteiger partial charge in [-0.15, -0.1) is 6.58 Å². The summed E-state index contributed by atoms with van der Waals surface area (Å²) >= 11 is 1.30. The van der Waals surface area contributed by atoms with Crippen molar-refractivity contribution >= 4 is 23.8 Å². The lowest BCUT2D eigenvalue weighted by Gasteiger charge is -2.11. The number of unbranched alkanes of at least 4 members (excludes halogenated alkanes) is 3. The SMILES string of the molecule is C=CCCCCCSN1C(=O)C=CC1=O. The molecule has 0 aromatic carbocycles. The van der Waals surface area contributed by atoms with E-state index < -0.39 is 0 Å². The maximum absolute atomic E-state index is 11.1. The first-order valence-corrected chi connectivity index (χ1v) is 6.00. The third kappa shape index (κ3) is 3.91. The Kier molecular flexibility index (Phi) is 5.18. The van der Waals surface area contributed by atoms with E-state index in [0.29, 0.717) is 0 Å². The van der Waals surface area contributed by atoms with Gasteiger partial charge in [-0.05, 0) is 31.2 Å². The summed E-state index contributed by atoms with van der Waals surface area (Å²) in [5.74, 6) is 0.392. The lowest BCUT2D eigenvalue weighted by Crippen LogP contribution is -2.22. The highest BCUT2D eigenvalue weighted by Gasteiger charge is 2.23. The van der Waals surface area contributed by atoms with Gasteiger partial charge in [0.25, 0.3) is 11.8 Å². The molecule has 0 aliphatic carbocycles. The average Bonchev–Trinajstić information content (AvgIpc) is 2.54. The lowest BCUT2D eigenvalue weighted by atomic mass is 10.2. The first kappa shape index (κ1) is 12.0. The molecule has 0 bridgehead atoms. The molecular weight excluding hydrogens is 210 g/mol. The Balaban J connectivity index is 2.08. The Morgan fingerprint density at radius 3 is 2.47 bits per heavy atom.